The maximum absolute atomic E-state index is 13.1. The minimum Gasteiger partial charge on any atom is -0.383 e. The predicted octanol–water partition coefficient (Wildman–Crippen LogP) is 3.21. The fraction of sp³-hybridized carbons (Fsp3) is 0.727. The third-order valence-electron chi connectivity index (χ3n) is 5.70. The molecule has 0 radical (unpaired) electrons. The van der Waals surface area contributed by atoms with Crippen LogP contribution in [0.4, 0.5) is 0 Å². The lowest BCUT2D eigenvalue weighted by Gasteiger charge is -2.31. The van der Waals surface area contributed by atoms with Crippen LogP contribution in [0.15, 0.2) is 18.3 Å². The first-order valence-electron chi connectivity index (χ1n) is 10.7. The average Bonchev–Trinajstić information content (AvgIpc) is 3.12. The van der Waals surface area contributed by atoms with Gasteiger partial charge < -0.3 is 19.1 Å². The number of methoxy groups -OCH3 is 1. The molecule has 0 unspecified atom stereocenters. The molecule has 1 aliphatic rings. The summed E-state index contributed by atoms with van der Waals surface area (Å²) in [4.78, 5) is 29.8. The minimum absolute atomic E-state index is 0.00138. The summed E-state index contributed by atoms with van der Waals surface area (Å²) in [6, 6.07) is 4.00. The van der Waals surface area contributed by atoms with Gasteiger partial charge >= 0.3 is 0 Å². The number of ether oxygens (including phenoxy) is 1. The number of carbonyl (C=O) groups excluding carboxylic acids is 2. The first kappa shape index (κ1) is 22.5. The van der Waals surface area contributed by atoms with Gasteiger partial charge in [-0.3, -0.25) is 9.59 Å². The molecular weight excluding hydrogens is 354 g/mol. The Bertz CT molecular complexity index is 608. The Morgan fingerprint density at radius 1 is 1.18 bits per heavy atom. The van der Waals surface area contributed by atoms with Gasteiger partial charge in [-0.25, -0.2) is 0 Å². The predicted molar refractivity (Wildman–Crippen MR) is 111 cm³/mol. The number of aromatic nitrogens is 1. The van der Waals surface area contributed by atoms with E-state index in [4.69, 9.17) is 4.74 Å². The zero-order chi connectivity index (χ0) is 20.4. The van der Waals surface area contributed by atoms with Gasteiger partial charge in [0.15, 0.2) is 0 Å². The molecule has 1 fully saturated rings. The number of unbranched alkanes of at least 4 members (excludes halogenated alkanes) is 1. The van der Waals surface area contributed by atoms with Crippen molar-refractivity contribution in [3.63, 3.8) is 0 Å². The van der Waals surface area contributed by atoms with Gasteiger partial charge in [0.1, 0.15) is 0 Å². The molecule has 2 amide bonds. The summed E-state index contributed by atoms with van der Waals surface area (Å²) < 4.78 is 7.23. The highest BCUT2D eigenvalue weighted by molar-refractivity contribution is 5.86. The molecule has 0 aromatic carbocycles. The van der Waals surface area contributed by atoms with Gasteiger partial charge in [0.05, 0.1) is 19.7 Å². The summed E-state index contributed by atoms with van der Waals surface area (Å²) in [6.45, 7) is 4.50. The Morgan fingerprint density at radius 2 is 1.93 bits per heavy atom. The van der Waals surface area contributed by atoms with Gasteiger partial charge in [-0.05, 0) is 31.4 Å². The van der Waals surface area contributed by atoms with E-state index in [0.717, 1.165) is 44.2 Å². The first-order valence-corrected chi connectivity index (χ1v) is 10.7. The van der Waals surface area contributed by atoms with E-state index in [0.29, 0.717) is 26.2 Å². The maximum Gasteiger partial charge on any atom is 0.242 e. The molecule has 0 atom stereocenters. The fourth-order valence-corrected chi connectivity index (χ4v) is 3.84. The molecule has 1 saturated carbocycles. The summed E-state index contributed by atoms with van der Waals surface area (Å²) in [5, 5.41) is 0. The molecule has 1 aliphatic carbocycles. The number of aryl methyl sites for hydroxylation is 1. The number of amides is 2. The molecule has 6 heteroatoms. The van der Waals surface area contributed by atoms with E-state index in [1.807, 2.05) is 39.7 Å². The molecule has 1 aromatic heterocycles. The minimum atomic E-state index is -0.00138. The van der Waals surface area contributed by atoms with Crippen LogP contribution in [0.2, 0.25) is 0 Å². The summed E-state index contributed by atoms with van der Waals surface area (Å²) in [6.07, 6.45) is 9.33. The molecule has 2 rings (SSSR count). The molecular formula is C22H37N3O3. The van der Waals surface area contributed by atoms with Crippen molar-refractivity contribution < 1.29 is 14.3 Å². The SMILES string of the molecule is CCCCN(CC(=O)N(CCOC)Cc1cccn1C)C(=O)C1CCCCC1. The van der Waals surface area contributed by atoms with Crippen molar-refractivity contribution in [2.45, 2.75) is 58.4 Å². The molecule has 0 aliphatic heterocycles. The van der Waals surface area contributed by atoms with Crippen LogP contribution in [0.3, 0.4) is 0 Å². The first-order chi connectivity index (χ1) is 13.6. The fourth-order valence-electron chi connectivity index (χ4n) is 3.84. The van der Waals surface area contributed by atoms with E-state index in [9.17, 15) is 9.59 Å². The van der Waals surface area contributed by atoms with Crippen LogP contribution in [0.5, 0.6) is 0 Å². The molecule has 158 valence electrons. The lowest BCUT2D eigenvalue weighted by Crippen LogP contribution is -2.46. The van der Waals surface area contributed by atoms with Gasteiger partial charge in [0.2, 0.25) is 11.8 Å². The van der Waals surface area contributed by atoms with Crippen LogP contribution in [-0.2, 0) is 27.9 Å². The van der Waals surface area contributed by atoms with Gasteiger partial charge in [0, 0.05) is 45.1 Å². The zero-order valence-electron chi connectivity index (χ0n) is 17.9. The summed E-state index contributed by atoms with van der Waals surface area (Å²) in [5.41, 5.74) is 1.07. The Hall–Kier alpha value is -1.82. The van der Waals surface area contributed by atoms with Crippen molar-refractivity contribution in [1.29, 1.82) is 0 Å². The van der Waals surface area contributed by atoms with E-state index in [2.05, 4.69) is 6.92 Å². The van der Waals surface area contributed by atoms with Crippen LogP contribution in [0.25, 0.3) is 0 Å². The molecule has 0 bridgehead atoms. The van der Waals surface area contributed by atoms with E-state index in [1.165, 1.54) is 6.42 Å². The van der Waals surface area contributed by atoms with Crippen molar-refractivity contribution >= 4 is 11.8 Å². The number of hydrogen-bond donors (Lipinski definition) is 0. The van der Waals surface area contributed by atoms with Crippen molar-refractivity contribution in [3.05, 3.63) is 24.0 Å². The van der Waals surface area contributed by atoms with E-state index in [-0.39, 0.29) is 24.3 Å². The lowest BCUT2D eigenvalue weighted by atomic mass is 9.88. The van der Waals surface area contributed by atoms with Gasteiger partial charge in [-0.15, -0.1) is 0 Å². The largest absolute Gasteiger partial charge is 0.383 e. The normalized spacial score (nSPS) is 14.8. The van der Waals surface area contributed by atoms with Crippen LogP contribution in [0.1, 0.15) is 57.6 Å². The Labute approximate surface area is 169 Å². The smallest absolute Gasteiger partial charge is 0.242 e. The summed E-state index contributed by atoms with van der Waals surface area (Å²) in [5.74, 6) is 0.268. The molecule has 0 saturated heterocycles. The van der Waals surface area contributed by atoms with Crippen molar-refractivity contribution in [2.75, 3.05) is 33.4 Å². The quantitative estimate of drug-likeness (QED) is 0.582. The second-order valence-corrected chi connectivity index (χ2v) is 7.87. The molecule has 0 spiro atoms. The molecule has 28 heavy (non-hydrogen) atoms. The van der Waals surface area contributed by atoms with Gasteiger partial charge in [0.25, 0.3) is 0 Å². The number of hydrogen-bond acceptors (Lipinski definition) is 3. The third kappa shape index (κ3) is 6.66. The van der Waals surface area contributed by atoms with Crippen LogP contribution < -0.4 is 0 Å². The van der Waals surface area contributed by atoms with E-state index >= 15 is 0 Å². The molecule has 0 N–H and O–H groups in total. The number of carbonyl (C=O) groups is 2. The topological polar surface area (TPSA) is 54.8 Å². The average molecular weight is 392 g/mol. The molecule has 6 nitrogen and oxygen atoms in total. The maximum atomic E-state index is 13.1. The second-order valence-electron chi connectivity index (χ2n) is 7.87. The highest BCUT2D eigenvalue weighted by Gasteiger charge is 2.28. The Kier molecular flexibility index (Phi) is 9.55. The van der Waals surface area contributed by atoms with Gasteiger partial charge in [-0.2, -0.15) is 0 Å². The van der Waals surface area contributed by atoms with Crippen LogP contribution >= 0.6 is 0 Å². The van der Waals surface area contributed by atoms with Crippen molar-refractivity contribution in [1.82, 2.24) is 14.4 Å². The zero-order valence-corrected chi connectivity index (χ0v) is 17.9. The summed E-state index contributed by atoms with van der Waals surface area (Å²) >= 11 is 0. The molecule has 1 heterocycles. The number of nitrogens with zero attached hydrogens (tertiary/aromatic N) is 3. The second kappa shape index (κ2) is 11.9. The third-order valence-corrected chi connectivity index (χ3v) is 5.70. The monoisotopic (exact) mass is 391 g/mol. The van der Waals surface area contributed by atoms with Crippen molar-refractivity contribution in [2.24, 2.45) is 13.0 Å². The standard InChI is InChI=1S/C22H37N3O3/c1-4-5-14-25(22(27)19-10-7-6-8-11-19)18-21(26)24(15-16-28-3)17-20-12-9-13-23(20)2/h9,12-13,19H,4-8,10-11,14-18H2,1-3H3. The van der Waals surface area contributed by atoms with E-state index < -0.39 is 0 Å². The Morgan fingerprint density at radius 3 is 2.54 bits per heavy atom. The van der Waals surface area contributed by atoms with Crippen LogP contribution in [-0.4, -0.2) is 59.5 Å². The molecule has 1 aromatic rings. The van der Waals surface area contributed by atoms with Crippen molar-refractivity contribution in [3.8, 4) is 0 Å². The number of rotatable bonds is 11. The van der Waals surface area contributed by atoms with Crippen LogP contribution in [0, 0.1) is 5.92 Å². The highest BCUT2D eigenvalue weighted by atomic mass is 16.5. The van der Waals surface area contributed by atoms with Gasteiger partial charge in [-0.1, -0.05) is 32.6 Å². The lowest BCUT2D eigenvalue weighted by molar-refractivity contribution is -0.144. The highest BCUT2D eigenvalue weighted by Crippen LogP contribution is 2.25. The van der Waals surface area contributed by atoms with E-state index in [1.54, 1.807) is 7.11 Å². The summed E-state index contributed by atoms with van der Waals surface area (Å²) in [7, 11) is 3.62. The Balaban J connectivity index is 2.05.